The number of nitrogens with zero attached hydrogens (tertiary/aromatic N) is 5. The van der Waals surface area contributed by atoms with Crippen molar-refractivity contribution >= 4 is 34.1 Å². The van der Waals surface area contributed by atoms with E-state index in [0.717, 1.165) is 82.5 Å². The van der Waals surface area contributed by atoms with Crippen LogP contribution in [0.2, 0.25) is 0 Å². The minimum absolute atomic E-state index is 0.124. The number of nitro groups is 1. The number of rotatable bonds is 7. The molecule has 10 heteroatoms. The number of nitrogens with one attached hydrogen (secondary N) is 2. The summed E-state index contributed by atoms with van der Waals surface area (Å²) < 4.78 is 0. The SMILES string of the molecule is CCN1CCN(c2ccc(N)c(NC)c2)CC1.CCN1CCN(c2ccc([N+](=O)[O-])c(NC)c2)CC1. The average molecular weight is 499 g/mol. The van der Waals surface area contributed by atoms with Gasteiger partial charge < -0.3 is 36.0 Å². The van der Waals surface area contributed by atoms with E-state index in [2.05, 4.69) is 56.2 Å². The van der Waals surface area contributed by atoms with Gasteiger partial charge in [0.15, 0.2) is 0 Å². The van der Waals surface area contributed by atoms with E-state index in [4.69, 9.17) is 5.73 Å². The van der Waals surface area contributed by atoms with E-state index in [9.17, 15) is 10.1 Å². The Morgan fingerprint density at radius 2 is 1.22 bits per heavy atom. The Balaban J connectivity index is 0.000000202. The third-order valence-corrected chi connectivity index (χ3v) is 7.12. The van der Waals surface area contributed by atoms with Crippen LogP contribution in [-0.4, -0.2) is 94.3 Å². The molecule has 0 bridgehead atoms. The summed E-state index contributed by atoms with van der Waals surface area (Å²) in [6.07, 6.45) is 0. The van der Waals surface area contributed by atoms with Gasteiger partial charge in [0.05, 0.1) is 16.3 Å². The van der Waals surface area contributed by atoms with Crippen LogP contribution in [0.5, 0.6) is 0 Å². The quantitative estimate of drug-likeness (QED) is 0.301. The van der Waals surface area contributed by atoms with Crippen LogP contribution in [0.4, 0.5) is 34.1 Å². The first-order chi connectivity index (χ1) is 17.4. The highest BCUT2D eigenvalue weighted by molar-refractivity contribution is 5.72. The molecule has 2 aliphatic rings. The third kappa shape index (κ3) is 6.92. The van der Waals surface area contributed by atoms with Crippen LogP contribution in [0.1, 0.15) is 13.8 Å². The minimum atomic E-state index is -0.357. The Kier molecular flexibility index (Phi) is 10.0. The van der Waals surface area contributed by atoms with Crippen LogP contribution in [0, 0.1) is 10.1 Å². The largest absolute Gasteiger partial charge is 0.397 e. The second-order valence-electron chi connectivity index (χ2n) is 9.07. The summed E-state index contributed by atoms with van der Waals surface area (Å²) >= 11 is 0. The molecule has 198 valence electrons. The fourth-order valence-corrected chi connectivity index (χ4v) is 4.68. The number of anilines is 5. The smallest absolute Gasteiger partial charge is 0.292 e. The highest BCUT2D eigenvalue weighted by atomic mass is 16.6. The molecule has 0 saturated carbocycles. The predicted molar refractivity (Wildman–Crippen MR) is 152 cm³/mol. The molecular weight excluding hydrogens is 456 g/mol. The molecule has 10 nitrogen and oxygen atoms in total. The van der Waals surface area contributed by atoms with Crippen molar-refractivity contribution in [2.75, 3.05) is 106 Å². The molecule has 0 aliphatic carbocycles. The highest BCUT2D eigenvalue weighted by Crippen LogP contribution is 2.29. The molecule has 4 N–H and O–H groups in total. The van der Waals surface area contributed by atoms with Gasteiger partial charge in [0.2, 0.25) is 0 Å². The maximum absolute atomic E-state index is 10.9. The van der Waals surface area contributed by atoms with Crippen molar-refractivity contribution in [2.45, 2.75) is 13.8 Å². The Hall–Kier alpha value is -3.24. The fraction of sp³-hybridized carbons (Fsp3) is 0.538. The fourth-order valence-electron chi connectivity index (χ4n) is 4.68. The summed E-state index contributed by atoms with van der Waals surface area (Å²) in [5.74, 6) is 0. The lowest BCUT2D eigenvalue weighted by molar-refractivity contribution is -0.383. The number of piperazine rings is 2. The zero-order valence-corrected chi connectivity index (χ0v) is 22.2. The topological polar surface area (TPSA) is 106 Å². The van der Waals surface area contributed by atoms with E-state index in [0.29, 0.717) is 5.69 Å². The summed E-state index contributed by atoms with van der Waals surface area (Å²) in [6.45, 7) is 15.1. The van der Waals surface area contributed by atoms with E-state index in [1.807, 2.05) is 25.2 Å². The van der Waals surface area contributed by atoms with E-state index >= 15 is 0 Å². The van der Waals surface area contributed by atoms with E-state index in [-0.39, 0.29) is 10.6 Å². The molecule has 2 saturated heterocycles. The maximum atomic E-state index is 10.9. The standard InChI is InChI=1S/C13H20N4O2.C13H22N4/c1-3-15-6-8-16(9-7-15)11-4-5-13(17(18)19)12(10-11)14-2;1-3-16-6-8-17(9-7-16)11-4-5-12(14)13(10-11)15-2/h4-5,10,14H,3,6-9H2,1-2H3;4-5,10,15H,3,6-9,14H2,1-2H3. The number of hydrogen-bond acceptors (Lipinski definition) is 9. The summed E-state index contributed by atoms with van der Waals surface area (Å²) in [7, 11) is 3.62. The Labute approximate surface area is 215 Å². The zero-order chi connectivity index (χ0) is 26.1. The van der Waals surface area contributed by atoms with Crippen LogP contribution in [-0.2, 0) is 0 Å². The van der Waals surface area contributed by atoms with Gasteiger partial charge in [-0.05, 0) is 43.4 Å². The molecule has 2 aliphatic heterocycles. The molecule has 0 radical (unpaired) electrons. The lowest BCUT2D eigenvalue weighted by Crippen LogP contribution is -2.46. The number of hydrogen-bond donors (Lipinski definition) is 3. The van der Waals surface area contributed by atoms with Crippen molar-refractivity contribution in [3.05, 3.63) is 46.5 Å². The van der Waals surface area contributed by atoms with Crippen molar-refractivity contribution in [3.8, 4) is 0 Å². The summed E-state index contributed by atoms with van der Waals surface area (Å²) in [5.41, 5.74) is 10.7. The number of nitrogen functional groups attached to an aromatic ring is 1. The van der Waals surface area contributed by atoms with Crippen LogP contribution in [0.3, 0.4) is 0 Å². The molecule has 0 unspecified atom stereocenters. The van der Waals surface area contributed by atoms with Gasteiger partial charge in [-0.15, -0.1) is 0 Å². The maximum Gasteiger partial charge on any atom is 0.292 e. The molecule has 0 aromatic heterocycles. The van der Waals surface area contributed by atoms with Crippen LogP contribution >= 0.6 is 0 Å². The molecule has 2 fully saturated rings. The molecule has 2 heterocycles. The average Bonchev–Trinajstić information content (AvgIpc) is 2.93. The summed E-state index contributed by atoms with van der Waals surface area (Å²) in [4.78, 5) is 20.1. The van der Waals surface area contributed by atoms with Gasteiger partial charge in [0.25, 0.3) is 5.69 Å². The van der Waals surface area contributed by atoms with Crippen molar-refractivity contribution in [2.24, 2.45) is 0 Å². The third-order valence-electron chi connectivity index (χ3n) is 7.12. The van der Waals surface area contributed by atoms with Crippen LogP contribution in [0.15, 0.2) is 36.4 Å². The number of nitro benzene ring substituents is 1. The predicted octanol–water partition coefficient (Wildman–Crippen LogP) is 3.23. The Bertz CT molecular complexity index is 986. The van der Waals surface area contributed by atoms with Crippen molar-refractivity contribution in [3.63, 3.8) is 0 Å². The second kappa shape index (κ2) is 13.2. The molecule has 4 rings (SSSR count). The monoisotopic (exact) mass is 498 g/mol. The van der Waals surface area contributed by atoms with E-state index < -0.39 is 0 Å². The van der Waals surface area contributed by atoms with Gasteiger partial charge in [0, 0.05) is 83.9 Å². The lowest BCUT2D eigenvalue weighted by Gasteiger charge is -2.35. The highest BCUT2D eigenvalue weighted by Gasteiger charge is 2.19. The van der Waals surface area contributed by atoms with Gasteiger partial charge in [0.1, 0.15) is 5.69 Å². The minimum Gasteiger partial charge on any atom is -0.397 e. The zero-order valence-electron chi connectivity index (χ0n) is 22.2. The molecule has 0 amide bonds. The first-order valence-corrected chi connectivity index (χ1v) is 12.9. The van der Waals surface area contributed by atoms with Crippen LogP contribution in [0.25, 0.3) is 0 Å². The number of benzene rings is 2. The molecule has 2 aromatic carbocycles. The molecule has 36 heavy (non-hydrogen) atoms. The summed E-state index contributed by atoms with van der Waals surface area (Å²) in [6, 6.07) is 11.5. The number of nitrogens with two attached hydrogens (primary N) is 1. The molecule has 0 spiro atoms. The molecule has 0 atom stereocenters. The first-order valence-electron chi connectivity index (χ1n) is 12.9. The van der Waals surface area contributed by atoms with Gasteiger partial charge in [-0.1, -0.05) is 13.8 Å². The molecule has 2 aromatic rings. The second-order valence-corrected chi connectivity index (χ2v) is 9.07. The first kappa shape index (κ1) is 27.3. The van der Waals surface area contributed by atoms with E-state index in [1.54, 1.807) is 13.1 Å². The summed E-state index contributed by atoms with van der Waals surface area (Å²) in [5, 5.41) is 16.9. The van der Waals surface area contributed by atoms with Crippen molar-refractivity contribution < 1.29 is 4.92 Å². The number of likely N-dealkylation sites (N-methyl/N-ethyl adjacent to an activating group) is 2. The van der Waals surface area contributed by atoms with Gasteiger partial charge in [-0.2, -0.15) is 0 Å². The van der Waals surface area contributed by atoms with Gasteiger partial charge in [-0.25, -0.2) is 0 Å². The van der Waals surface area contributed by atoms with Gasteiger partial charge >= 0.3 is 0 Å². The van der Waals surface area contributed by atoms with E-state index in [1.165, 1.54) is 5.69 Å². The Morgan fingerprint density at radius 3 is 1.64 bits per heavy atom. The normalized spacial score (nSPS) is 16.8. The van der Waals surface area contributed by atoms with Crippen molar-refractivity contribution in [1.82, 2.24) is 9.80 Å². The van der Waals surface area contributed by atoms with Gasteiger partial charge in [-0.3, -0.25) is 10.1 Å². The Morgan fingerprint density at radius 1 is 0.778 bits per heavy atom. The lowest BCUT2D eigenvalue weighted by atomic mass is 10.2. The van der Waals surface area contributed by atoms with Crippen molar-refractivity contribution in [1.29, 1.82) is 0 Å². The molecular formula is C26H42N8O2. The van der Waals surface area contributed by atoms with Crippen LogP contribution < -0.4 is 26.2 Å².